The van der Waals surface area contributed by atoms with Gasteiger partial charge in [-0.2, -0.15) is 5.10 Å². The molecule has 0 aliphatic carbocycles. The maximum atomic E-state index is 11.7. The quantitative estimate of drug-likeness (QED) is 0.323. The van der Waals surface area contributed by atoms with Gasteiger partial charge in [0.05, 0.1) is 29.0 Å². The highest BCUT2D eigenvalue weighted by molar-refractivity contribution is 5.94. The number of fused-ring (bicyclic) bond motifs is 2. The van der Waals surface area contributed by atoms with Gasteiger partial charge < -0.3 is 26.1 Å². The maximum absolute atomic E-state index is 11.7. The first-order valence-electron chi connectivity index (χ1n) is 10.7. The molecule has 4 aromatic heterocycles. The van der Waals surface area contributed by atoms with Crippen molar-refractivity contribution in [2.45, 2.75) is 26.4 Å². The molecule has 0 aromatic carbocycles. The van der Waals surface area contributed by atoms with Crippen LogP contribution in [0.25, 0.3) is 22.3 Å². The van der Waals surface area contributed by atoms with E-state index >= 15 is 0 Å². The number of carbonyl (C=O) groups is 2. The lowest BCUT2D eigenvalue weighted by atomic mass is 10.00. The third-order valence-corrected chi connectivity index (χ3v) is 5.46. The monoisotopic (exact) mass is 461 g/mol. The number of aromatic amines is 1. The summed E-state index contributed by atoms with van der Waals surface area (Å²) in [6.45, 7) is 4.13. The molecule has 1 atom stereocenters. The number of anilines is 2. The fraction of sp³-hybridized carbons (Fsp3) is 0.273. The Labute approximate surface area is 193 Å². The Bertz CT molecular complexity index is 1390. The smallest absolute Gasteiger partial charge is 0.263 e. The van der Waals surface area contributed by atoms with E-state index in [0.29, 0.717) is 23.0 Å². The lowest BCUT2D eigenvalue weighted by Crippen LogP contribution is -2.27. The molecule has 5 N–H and O–H groups in total. The van der Waals surface area contributed by atoms with Crippen LogP contribution in [0.3, 0.4) is 0 Å². The van der Waals surface area contributed by atoms with Crippen molar-refractivity contribution in [1.82, 2.24) is 29.7 Å². The molecule has 1 aliphatic rings. The molecule has 12 heteroatoms. The van der Waals surface area contributed by atoms with Crippen LogP contribution < -0.4 is 21.1 Å². The first-order valence-corrected chi connectivity index (χ1v) is 10.7. The minimum absolute atomic E-state index is 0.00216. The number of nitrogens with zero attached hydrogens (tertiary/aromatic N) is 5. The Balaban J connectivity index is 1.46. The second-order valence-electron chi connectivity index (χ2n) is 8.35. The molecule has 1 aliphatic heterocycles. The Morgan fingerprint density at radius 2 is 2.18 bits per heavy atom. The lowest BCUT2D eigenvalue weighted by Gasteiger charge is -2.25. The van der Waals surface area contributed by atoms with Gasteiger partial charge in [-0.1, -0.05) is 13.8 Å². The van der Waals surface area contributed by atoms with Gasteiger partial charge in [0.25, 0.3) is 5.91 Å². The molecule has 5 heterocycles. The number of hydrogen-bond acceptors (Lipinski definition) is 8. The van der Waals surface area contributed by atoms with Crippen LogP contribution in [0.5, 0.6) is 5.75 Å². The molecule has 0 radical (unpaired) electrons. The number of amides is 2. The molecule has 174 valence electrons. The predicted octanol–water partition coefficient (Wildman–Crippen LogP) is 1.84. The van der Waals surface area contributed by atoms with Crippen molar-refractivity contribution >= 4 is 34.5 Å². The Morgan fingerprint density at radius 1 is 1.32 bits per heavy atom. The normalized spacial score (nSPS) is 13.9. The molecular formula is C22H23N9O3. The number of aromatic nitrogens is 6. The summed E-state index contributed by atoms with van der Waals surface area (Å²) in [5.41, 5.74) is 8.21. The molecule has 5 rings (SSSR count). The standard InChI is InChI=1S/C22H23N9O3/c1-11(2)19(14-3-4-16-22(27-14)29-18(33)9-34-16)30-21-13-5-15(28-20(13)24-10-25-21)12-6-26-31(7-12)8-17(23)32/h3-7,10-11,19H,8-9H2,1-2H3,(H2,23,32)(H,27,29,33)(H2,24,25,28,30)/t19-/m1/s1. The molecule has 0 bridgehead atoms. The van der Waals surface area contributed by atoms with Gasteiger partial charge in [-0.05, 0) is 24.1 Å². The zero-order valence-corrected chi connectivity index (χ0v) is 18.6. The number of nitrogens with one attached hydrogen (secondary N) is 3. The largest absolute Gasteiger partial charge is 0.480 e. The van der Waals surface area contributed by atoms with Gasteiger partial charge in [-0.25, -0.2) is 15.0 Å². The SMILES string of the molecule is CC(C)[C@@H](Nc1ncnc2[nH]c(-c3cnn(CC(N)=O)c3)cc12)c1ccc2c(n1)NC(=O)CO2. The molecule has 0 saturated heterocycles. The van der Waals surface area contributed by atoms with Gasteiger partial charge in [0.2, 0.25) is 5.91 Å². The maximum Gasteiger partial charge on any atom is 0.263 e. The Morgan fingerprint density at radius 3 is 2.97 bits per heavy atom. The average molecular weight is 461 g/mol. The molecule has 0 fully saturated rings. The third kappa shape index (κ3) is 4.12. The van der Waals surface area contributed by atoms with Crippen LogP contribution in [-0.4, -0.2) is 48.1 Å². The van der Waals surface area contributed by atoms with Crippen LogP contribution in [0, 0.1) is 5.92 Å². The van der Waals surface area contributed by atoms with Crippen LogP contribution in [-0.2, 0) is 16.1 Å². The van der Waals surface area contributed by atoms with E-state index in [1.165, 1.54) is 11.0 Å². The molecule has 2 amide bonds. The van der Waals surface area contributed by atoms with Crippen molar-refractivity contribution in [3.8, 4) is 17.0 Å². The van der Waals surface area contributed by atoms with Gasteiger partial charge in [-0.3, -0.25) is 14.3 Å². The number of rotatable bonds is 7. The summed E-state index contributed by atoms with van der Waals surface area (Å²) in [4.78, 5) is 39.6. The third-order valence-electron chi connectivity index (χ3n) is 5.46. The summed E-state index contributed by atoms with van der Waals surface area (Å²) in [6, 6.07) is 5.41. The summed E-state index contributed by atoms with van der Waals surface area (Å²) in [5.74, 6) is 1.04. The lowest BCUT2D eigenvalue weighted by molar-refractivity contribution is -0.119. The van der Waals surface area contributed by atoms with Gasteiger partial charge >= 0.3 is 0 Å². The topological polar surface area (TPSA) is 166 Å². The highest BCUT2D eigenvalue weighted by atomic mass is 16.5. The molecule has 0 unspecified atom stereocenters. The Hall–Kier alpha value is -4.48. The van der Waals surface area contributed by atoms with E-state index in [-0.39, 0.29) is 31.0 Å². The second kappa shape index (κ2) is 8.46. The molecule has 0 saturated carbocycles. The van der Waals surface area contributed by atoms with Crippen molar-refractivity contribution in [1.29, 1.82) is 0 Å². The molecule has 4 aromatic rings. The van der Waals surface area contributed by atoms with Crippen LogP contribution in [0.4, 0.5) is 11.6 Å². The highest BCUT2D eigenvalue weighted by Crippen LogP contribution is 2.33. The zero-order valence-electron chi connectivity index (χ0n) is 18.6. The fourth-order valence-electron chi connectivity index (χ4n) is 3.84. The van der Waals surface area contributed by atoms with E-state index in [1.807, 2.05) is 18.2 Å². The number of H-pyrrole nitrogens is 1. The zero-order chi connectivity index (χ0) is 23.8. The molecule has 12 nitrogen and oxygen atoms in total. The number of primary amides is 1. The van der Waals surface area contributed by atoms with E-state index < -0.39 is 5.91 Å². The number of hydrogen-bond donors (Lipinski definition) is 4. The van der Waals surface area contributed by atoms with Crippen LogP contribution in [0.1, 0.15) is 25.6 Å². The fourth-order valence-corrected chi connectivity index (χ4v) is 3.84. The van der Waals surface area contributed by atoms with Crippen LogP contribution in [0.15, 0.2) is 36.9 Å². The van der Waals surface area contributed by atoms with E-state index in [0.717, 1.165) is 22.3 Å². The minimum atomic E-state index is -0.467. The average Bonchev–Trinajstić information content (AvgIpc) is 3.43. The van der Waals surface area contributed by atoms with Crippen molar-refractivity contribution in [3.05, 3.63) is 42.6 Å². The molecule has 34 heavy (non-hydrogen) atoms. The van der Waals surface area contributed by atoms with Gasteiger partial charge in [-0.15, -0.1) is 0 Å². The molecular weight excluding hydrogens is 438 g/mol. The van der Waals surface area contributed by atoms with Gasteiger partial charge in [0.15, 0.2) is 18.2 Å². The summed E-state index contributed by atoms with van der Waals surface area (Å²) in [5, 5.41) is 11.2. The van der Waals surface area contributed by atoms with Crippen molar-refractivity contribution in [2.24, 2.45) is 11.7 Å². The predicted molar refractivity (Wildman–Crippen MR) is 124 cm³/mol. The van der Waals surface area contributed by atoms with E-state index in [4.69, 9.17) is 10.5 Å². The number of pyridine rings is 1. The van der Waals surface area contributed by atoms with Crippen molar-refractivity contribution < 1.29 is 14.3 Å². The summed E-state index contributed by atoms with van der Waals surface area (Å²) >= 11 is 0. The highest BCUT2D eigenvalue weighted by Gasteiger charge is 2.24. The van der Waals surface area contributed by atoms with Crippen molar-refractivity contribution in [3.63, 3.8) is 0 Å². The van der Waals surface area contributed by atoms with E-state index in [9.17, 15) is 9.59 Å². The summed E-state index contributed by atoms with van der Waals surface area (Å²) in [7, 11) is 0. The second-order valence-corrected chi connectivity index (χ2v) is 8.35. The number of ether oxygens (including phenoxy) is 1. The van der Waals surface area contributed by atoms with Crippen LogP contribution in [0.2, 0.25) is 0 Å². The van der Waals surface area contributed by atoms with Gasteiger partial charge in [0, 0.05) is 11.8 Å². The van der Waals surface area contributed by atoms with E-state index in [1.54, 1.807) is 12.4 Å². The first-order chi connectivity index (χ1) is 16.4. The van der Waals surface area contributed by atoms with Crippen LogP contribution >= 0.6 is 0 Å². The minimum Gasteiger partial charge on any atom is -0.480 e. The summed E-state index contributed by atoms with van der Waals surface area (Å²) in [6.07, 6.45) is 4.87. The van der Waals surface area contributed by atoms with Gasteiger partial charge in [0.1, 0.15) is 24.3 Å². The Kier molecular flexibility index (Phi) is 5.32. The first kappa shape index (κ1) is 21.4. The molecule has 0 spiro atoms. The van der Waals surface area contributed by atoms with Crippen molar-refractivity contribution in [2.75, 3.05) is 17.2 Å². The number of nitrogens with two attached hydrogens (primary N) is 1. The summed E-state index contributed by atoms with van der Waals surface area (Å²) < 4.78 is 6.90. The van der Waals surface area contributed by atoms with E-state index in [2.05, 4.69) is 49.5 Å². The number of carbonyl (C=O) groups excluding carboxylic acids is 2.